The number of likely N-dealkylation sites (tertiary alicyclic amines) is 2. The lowest BCUT2D eigenvalue weighted by atomic mass is 9.65. The summed E-state index contributed by atoms with van der Waals surface area (Å²) in [6.07, 6.45) is 7.93. The molecule has 0 radical (unpaired) electrons. The van der Waals surface area contributed by atoms with Gasteiger partial charge in [-0.3, -0.25) is 29.0 Å². The molecule has 4 bridgehead atoms. The number of carbonyl (C=O) groups excluding carboxylic acids is 4. The van der Waals surface area contributed by atoms with Crippen LogP contribution in [-0.4, -0.2) is 71.4 Å². The fraction of sp³-hybridized carbons (Fsp3) is 0.600. The Morgan fingerprint density at radius 1 is 0.625 bits per heavy atom. The highest BCUT2D eigenvalue weighted by atomic mass is 16.2. The van der Waals surface area contributed by atoms with E-state index in [0.29, 0.717) is 93.3 Å². The van der Waals surface area contributed by atoms with Gasteiger partial charge < -0.3 is 10.6 Å². The number of carbonyl (C=O) groups is 4. The summed E-state index contributed by atoms with van der Waals surface area (Å²) in [4.78, 5) is 58.1. The summed E-state index contributed by atoms with van der Waals surface area (Å²) in [5, 5.41) is 5.92. The molecule has 4 unspecified atom stereocenters. The minimum atomic E-state index is -0.259. The number of rotatable bonds is 8. The number of anilines is 2. The van der Waals surface area contributed by atoms with Crippen LogP contribution in [0.3, 0.4) is 0 Å². The third-order valence-corrected chi connectivity index (χ3v) is 11.9. The van der Waals surface area contributed by atoms with Gasteiger partial charge in [-0.2, -0.15) is 0 Å². The van der Waals surface area contributed by atoms with Crippen molar-refractivity contribution in [3.63, 3.8) is 0 Å². The van der Waals surface area contributed by atoms with Crippen molar-refractivity contribution in [3.8, 4) is 0 Å². The zero-order valence-corrected chi connectivity index (χ0v) is 29.6. The van der Waals surface area contributed by atoms with Crippen LogP contribution in [0.1, 0.15) is 125 Å². The van der Waals surface area contributed by atoms with Gasteiger partial charge >= 0.3 is 0 Å². The second-order valence-corrected chi connectivity index (χ2v) is 18.1. The van der Waals surface area contributed by atoms with Gasteiger partial charge in [-0.15, -0.1) is 0 Å². The minimum Gasteiger partial charge on any atom is -0.326 e. The van der Waals surface area contributed by atoms with E-state index in [-0.39, 0.29) is 23.4 Å². The first-order chi connectivity index (χ1) is 22.5. The summed E-state index contributed by atoms with van der Waals surface area (Å²) >= 11 is 0. The summed E-state index contributed by atoms with van der Waals surface area (Å²) in [6.45, 7) is 17.7. The molecule has 2 aromatic rings. The van der Waals surface area contributed by atoms with Crippen molar-refractivity contribution in [2.45, 2.75) is 105 Å². The molecular weight excluding hydrogens is 600 g/mol. The maximum atomic E-state index is 13.6. The van der Waals surface area contributed by atoms with Crippen LogP contribution in [0.5, 0.6) is 0 Å². The van der Waals surface area contributed by atoms with Crippen LogP contribution in [0.4, 0.5) is 11.4 Å². The second kappa shape index (κ2) is 11.6. The molecule has 3 aliphatic carbocycles. The standard InChI is InChI=1S/C40H52N4O4/c1-37(2)17-27-19-39(5,21-37)23-43(27)13-11-33(45)41-25-7-9-29-31(15-25)35(47)30-10-8-26(16-32(30)36(29)48)42-34(46)12-14-44-24-40(6)20-28(44)18-38(3,4)22-40/h7-10,15-16,27-28H,11-14,17-24H2,1-6H3,(H,41,45)(H,42,46). The number of ketones is 2. The predicted octanol–water partition coefficient (Wildman–Crippen LogP) is 6.92. The summed E-state index contributed by atoms with van der Waals surface area (Å²) in [6, 6.07) is 10.9. The van der Waals surface area contributed by atoms with E-state index in [1.165, 1.54) is 25.7 Å². The Morgan fingerprint density at radius 2 is 1.02 bits per heavy atom. The first-order valence-corrected chi connectivity index (χ1v) is 17.9. The number of nitrogens with one attached hydrogen (secondary N) is 2. The highest BCUT2D eigenvalue weighted by Gasteiger charge is 2.50. The molecule has 256 valence electrons. The Labute approximate surface area is 285 Å². The van der Waals surface area contributed by atoms with E-state index in [2.05, 4.69) is 62.0 Å². The number of fused-ring (bicyclic) bond motifs is 6. The van der Waals surface area contributed by atoms with E-state index in [4.69, 9.17) is 0 Å². The minimum absolute atomic E-state index is 0.0954. The Hall–Kier alpha value is -3.36. The van der Waals surface area contributed by atoms with E-state index >= 15 is 0 Å². The van der Waals surface area contributed by atoms with Gasteiger partial charge in [0.15, 0.2) is 11.6 Å². The van der Waals surface area contributed by atoms with Crippen LogP contribution in [-0.2, 0) is 9.59 Å². The molecule has 2 aliphatic heterocycles. The van der Waals surface area contributed by atoms with Gasteiger partial charge in [0.25, 0.3) is 0 Å². The Morgan fingerprint density at radius 3 is 1.42 bits per heavy atom. The van der Waals surface area contributed by atoms with E-state index < -0.39 is 0 Å². The highest BCUT2D eigenvalue weighted by molar-refractivity contribution is 6.29. The third kappa shape index (κ3) is 6.50. The molecule has 0 spiro atoms. The molecule has 4 fully saturated rings. The maximum Gasteiger partial charge on any atom is 0.225 e. The average molecular weight is 653 g/mol. The summed E-state index contributed by atoms with van der Waals surface area (Å²) < 4.78 is 0. The van der Waals surface area contributed by atoms with Crippen molar-refractivity contribution < 1.29 is 19.2 Å². The van der Waals surface area contributed by atoms with Gasteiger partial charge in [-0.1, -0.05) is 41.5 Å². The van der Waals surface area contributed by atoms with E-state index in [1.54, 1.807) is 36.4 Å². The van der Waals surface area contributed by atoms with Gasteiger partial charge in [0.2, 0.25) is 11.8 Å². The summed E-state index contributed by atoms with van der Waals surface area (Å²) in [5.41, 5.74) is 3.53. The second-order valence-electron chi connectivity index (χ2n) is 18.1. The lowest BCUT2D eigenvalue weighted by Crippen LogP contribution is -2.35. The lowest BCUT2D eigenvalue weighted by molar-refractivity contribution is -0.117. The maximum absolute atomic E-state index is 13.6. The zero-order chi connectivity index (χ0) is 34.2. The normalized spacial score (nSPS) is 30.1. The third-order valence-electron chi connectivity index (χ3n) is 11.9. The molecule has 5 aliphatic rings. The molecule has 7 rings (SSSR count). The molecular formula is C40H52N4O4. The molecule has 2 heterocycles. The molecule has 2 amide bonds. The summed E-state index contributed by atoms with van der Waals surface area (Å²) in [5.74, 6) is -0.709. The summed E-state index contributed by atoms with van der Waals surface area (Å²) in [7, 11) is 0. The molecule has 2 saturated carbocycles. The fourth-order valence-electron chi connectivity index (χ4n) is 10.9. The Kier molecular flexibility index (Phi) is 8.02. The molecule has 2 aromatic carbocycles. The van der Waals surface area contributed by atoms with Gasteiger partial charge in [0, 0.05) is 84.7 Å². The number of benzene rings is 2. The van der Waals surface area contributed by atoms with E-state index in [1.807, 2.05) is 0 Å². The van der Waals surface area contributed by atoms with Crippen molar-refractivity contribution in [1.82, 2.24) is 9.80 Å². The van der Waals surface area contributed by atoms with Crippen LogP contribution >= 0.6 is 0 Å². The SMILES string of the molecule is CC1(C)CC2CC(C)(CN2CCC(=O)Nc2ccc3c(c2)C(=O)c2ccc(NC(=O)CCN4CC5(C)CC4CC(C)(C)C5)cc2C3=O)C1. The van der Waals surface area contributed by atoms with Crippen LogP contribution in [0.25, 0.3) is 0 Å². The Bertz CT molecular complexity index is 1570. The van der Waals surface area contributed by atoms with Crippen molar-refractivity contribution in [1.29, 1.82) is 0 Å². The van der Waals surface area contributed by atoms with Crippen LogP contribution in [0.2, 0.25) is 0 Å². The average Bonchev–Trinajstić information content (AvgIpc) is 3.38. The monoisotopic (exact) mass is 652 g/mol. The van der Waals surface area contributed by atoms with E-state index in [9.17, 15) is 19.2 Å². The smallest absolute Gasteiger partial charge is 0.225 e. The van der Waals surface area contributed by atoms with Crippen molar-refractivity contribution in [2.24, 2.45) is 21.7 Å². The molecule has 48 heavy (non-hydrogen) atoms. The number of nitrogens with zero attached hydrogens (tertiary/aromatic N) is 2. The number of hydrogen-bond acceptors (Lipinski definition) is 6. The van der Waals surface area contributed by atoms with Crippen LogP contribution in [0.15, 0.2) is 36.4 Å². The Balaban J connectivity index is 0.952. The zero-order valence-electron chi connectivity index (χ0n) is 29.6. The topological polar surface area (TPSA) is 98.8 Å². The lowest BCUT2D eigenvalue weighted by Gasteiger charge is -2.40. The predicted molar refractivity (Wildman–Crippen MR) is 188 cm³/mol. The first kappa shape index (κ1) is 33.2. The van der Waals surface area contributed by atoms with Crippen LogP contribution < -0.4 is 10.6 Å². The largest absolute Gasteiger partial charge is 0.326 e. The van der Waals surface area contributed by atoms with Crippen molar-refractivity contribution >= 4 is 34.8 Å². The van der Waals surface area contributed by atoms with Gasteiger partial charge in [-0.05, 0) is 96.6 Å². The molecule has 4 atom stereocenters. The number of hydrogen-bond donors (Lipinski definition) is 2. The van der Waals surface area contributed by atoms with Crippen LogP contribution in [0, 0.1) is 21.7 Å². The molecule has 2 saturated heterocycles. The van der Waals surface area contributed by atoms with Gasteiger partial charge in [-0.25, -0.2) is 0 Å². The quantitative estimate of drug-likeness (QED) is 0.274. The number of amides is 2. The molecule has 2 N–H and O–H groups in total. The van der Waals surface area contributed by atoms with Gasteiger partial charge in [0.05, 0.1) is 0 Å². The highest BCUT2D eigenvalue weighted by Crippen LogP contribution is 2.53. The molecule has 8 nitrogen and oxygen atoms in total. The van der Waals surface area contributed by atoms with Crippen molar-refractivity contribution in [3.05, 3.63) is 58.7 Å². The van der Waals surface area contributed by atoms with Gasteiger partial charge in [0.1, 0.15) is 0 Å². The molecule has 0 aromatic heterocycles. The van der Waals surface area contributed by atoms with E-state index in [0.717, 1.165) is 25.9 Å². The fourth-order valence-corrected chi connectivity index (χ4v) is 10.9. The van der Waals surface area contributed by atoms with Crippen molar-refractivity contribution in [2.75, 3.05) is 36.8 Å². The molecule has 8 heteroatoms. The first-order valence-electron chi connectivity index (χ1n) is 17.9.